The van der Waals surface area contributed by atoms with E-state index in [1.54, 1.807) is 14.0 Å². The van der Waals surface area contributed by atoms with Gasteiger partial charge >= 0.3 is 0 Å². The van der Waals surface area contributed by atoms with Crippen LogP contribution < -0.4 is 5.32 Å². The van der Waals surface area contributed by atoms with Crippen LogP contribution in [0.4, 0.5) is 0 Å². The van der Waals surface area contributed by atoms with Gasteiger partial charge in [-0.3, -0.25) is 4.79 Å². The zero-order chi connectivity index (χ0) is 8.97. The van der Waals surface area contributed by atoms with Crippen LogP contribution in [-0.2, 0) is 9.53 Å². The van der Waals surface area contributed by atoms with Gasteiger partial charge in [-0.15, -0.1) is 0 Å². The van der Waals surface area contributed by atoms with Crippen molar-refractivity contribution in [3.8, 4) is 0 Å². The van der Waals surface area contributed by atoms with Crippen molar-refractivity contribution in [1.82, 2.24) is 5.32 Å². The van der Waals surface area contributed by atoms with Crippen molar-refractivity contribution in [2.75, 3.05) is 13.7 Å². The summed E-state index contributed by atoms with van der Waals surface area (Å²) in [5, 5.41) is 2.84. The molecule has 1 amide bonds. The number of ether oxygens (including phenoxy) is 1. The third-order valence-electron chi connectivity index (χ3n) is 2.27. The standard InChI is InChI=1S/C9H17NO2/c1-7(12-2)9(11)10-6-5-8-3-4-8/h7-8H,3-6H2,1-2H3,(H,10,11). The van der Waals surface area contributed by atoms with Gasteiger partial charge in [0.15, 0.2) is 0 Å². The van der Waals surface area contributed by atoms with Gasteiger partial charge in [0, 0.05) is 13.7 Å². The summed E-state index contributed by atoms with van der Waals surface area (Å²) in [6, 6.07) is 0. The number of hydrogen-bond donors (Lipinski definition) is 1. The number of methoxy groups -OCH3 is 1. The largest absolute Gasteiger partial charge is 0.372 e. The zero-order valence-electron chi connectivity index (χ0n) is 7.80. The van der Waals surface area contributed by atoms with Gasteiger partial charge in [0.2, 0.25) is 5.91 Å². The van der Waals surface area contributed by atoms with Crippen LogP contribution in [0.15, 0.2) is 0 Å². The molecule has 1 fully saturated rings. The molecule has 3 nitrogen and oxygen atoms in total. The average Bonchev–Trinajstić information content (AvgIpc) is 2.86. The van der Waals surface area contributed by atoms with Crippen molar-refractivity contribution in [2.45, 2.75) is 32.3 Å². The fraction of sp³-hybridized carbons (Fsp3) is 0.889. The molecule has 1 rings (SSSR count). The van der Waals surface area contributed by atoms with Crippen LogP contribution in [0.2, 0.25) is 0 Å². The summed E-state index contributed by atoms with van der Waals surface area (Å²) in [5.74, 6) is 0.876. The molecule has 0 bridgehead atoms. The highest BCUT2D eigenvalue weighted by Gasteiger charge is 2.21. The molecule has 0 saturated heterocycles. The minimum Gasteiger partial charge on any atom is -0.372 e. The Bertz CT molecular complexity index is 155. The molecule has 0 aromatic heterocycles. The lowest BCUT2D eigenvalue weighted by molar-refractivity contribution is -0.130. The van der Waals surface area contributed by atoms with E-state index in [2.05, 4.69) is 5.32 Å². The van der Waals surface area contributed by atoms with E-state index in [4.69, 9.17) is 4.74 Å². The van der Waals surface area contributed by atoms with Gasteiger partial charge in [-0.1, -0.05) is 12.8 Å². The van der Waals surface area contributed by atoms with Crippen LogP contribution in [0, 0.1) is 5.92 Å². The lowest BCUT2D eigenvalue weighted by Gasteiger charge is -2.09. The topological polar surface area (TPSA) is 38.3 Å². The van der Waals surface area contributed by atoms with Gasteiger partial charge in [-0.05, 0) is 19.3 Å². The Hall–Kier alpha value is -0.570. The molecule has 1 unspecified atom stereocenters. The second kappa shape index (κ2) is 4.45. The predicted molar refractivity (Wildman–Crippen MR) is 46.8 cm³/mol. The van der Waals surface area contributed by atoms with Gasteiger partial charge in [0.05, 0.1) is 0 Å². The molecule has 1 saturated carbocycles. The van der Waals surface area contributed by atoms with E-state index in [1.807, 2.05) is 0 Å². The van der Waals surface area contributed by atoms with E-state index in [1.165, 1.54) is 12.8 Å². The highest BCUT2D eigenvalue weighted by atomic mass is 16.5. The molecule has 3 heteroatoms. The van der Waals surface area contributed by atoms with E-state index in [-0.39, 0.29) is 12.0 Å². The quantitative estimate of drug-likeness (QED) is 0.668. The summed E-state index contributed by atoms with van der Waals surface area (Å²) in [4.78, 5) is 11.1. The maximum atomic E-state index is 11.1. The summed E-state index contributed by atoms with van der Waals surface area (Å²) in [6.45, 7) is 2.56. The van der Waals surface area contributed by atoms with Crippen molar-refractivity contribution < 1.29 is 9.53 Å². The van der Waals surface area contributed by atoms with Crippen LogP contribution in [0.1, 0.15) is 26.2 Å². The van der Waals surface area contributed by atoms with E-state index >= 15 is 0 Å². The molecule has 12 heavy (non-hydrogen) atoms. The van der Waals surface area contributed by atoms with Crippen LogP contribution >= 0.6 is 0 Å². The van der Waals surface area contributed by atoms with E-state index in [9.17, 15) is 4.79 Å². The van der Waals surface area contributed by atoms with Crippen LogP contribution in [0.25, 0.3) is 0 Å². The fourth-order valence-corrected chi connectivity index (χ4v) is 1.06. The van der Waals surface area contributed by atoms with Crippen LogP contribution in [0.3, 0.4) is 0 Å². The molecular formula is C9H17NO2. The SMILES string of the molecule is COC(C)C(=O)NCCC1CC1. The van der Waals surface area contributed by atoms with Crippen molar-refractivity contribution in [1.29, 1.82) is 0 Å². The summed E-state index contributed by atoms with van der Waals surface area (Å²) in [5.41, 5.74) is 0. The molecule has 0 radical (unpaired) electrons. The van der Waals surface area contributed by atoms with Crippen molar-refractivity contribution in [2.24, 2.45) is 5.92 Å². The van der Waals surface area contributed by atoms with E-state index in [0.29, 0.717) is 0 Å². The average molecular weight is 171 g/mol. The maximum Gasteiger partial charge on any atom is 0.248 e. The van der Waals surface area contributed by atoms with Crippen molar-refractivity contribution in [3.63, 3.8) is 0 Å². The first-order valence-electron chi connectivity index (χ1n) is 4.54. The summed E-state index contributed by atoms with van der Waals surface area (Å²) in [7, 11) is 1.55. The number of nitrogens with one attached hydrogen (secondary N) is 1. The lowest BCUT2D eigenvalue weighted by Crippen LogP contribution is -2.34. The zero-order valence-corrected chi connectivity index (χ0v) is 7.80. The van der Waals surface area contributed by atoms with Crippen LogP contribution in [0.5, 0.6) is 0 Å². The monoisotopic (exact) mass is 171 g/mol. The molecule has 70 valence electrons. The summed E-state index contributed by atoms with van der Waals surface area (Å²) >= 11 is 0. The van der Waals surface area contributed by atoms with Gasteiger partial charge in [-0.25, -0.2) is 0 Å². The van der Waals surface area contributed by atoms with Crippen LogP contribution in [-0.4, -0.2) is 25.7 Å². The fourth-order valence-electron chi connectivity index (χ4n) is 1.06. The molecule has 0 aromatic rings. The molecule has 0 heterocycles. The summed E-state index contributed by atoms with van der Waals surface area (Å²) in [6.07, 6.45) is 3.50. The Morgan fingerprint density at radius 1 is 1.67 bits per heavy atom. The third-order valence-corrected chi connectivity index (χ3v) is 2.27. The highest BCUT2D eigenvalue weighted by Crippen LogP contribution is 2.31. The Labute approximate surface area is 73.5 Å². The van der Waals surface area contributed by atoms with E-state index in [0.717, 1.165) is 18.9 Å². The predicted octanol–water partition coefficient (Wildman–Crippen LogP) is 0.938. The van der Waals surface area contributed by atoms with Crippen molar-refractivity contribution >= 4 is 5.91 Å². The second-order valence-corrected chi connectivity index (χ2v) is 3.40. The van der Waals surface area contributed by atoms with Crippen molar-refractivity contribution in [3.05, 3.63) is 0 Å². The minimum absolute atomic E-state index is 0.00171. The lowest BCUT2D eigenvalue weighted by atomic mass is 10.3. The second-order valence-electron chi connectivity index (χ2n) is 3.40. The smallest absolute Gasteiger partial charge is 0.248 e. The van der Waals surface area contributed by atoms with Gasteiger partial charge in [-0.2, -0.15) is 0 Å². The summed E-state index contributed by atoms with van der Waals surface area (Å²) < 4.78 is 4.87. The first-order chi connectivity index (χ1) is 5.74. The van der Waals surface area contributed by atoms with Gasteiger partial charge < -0.3 is 10.1 Å². The Kier molecular flexibility index (Phi) is 3.53. The number of carbonyl (C=O) groups excluding carboxylic acids is 1. The minimum atomic E-state index is -0.316. The number of hydrogen-bond acceptors (Lipinski definition) is 2. The Morgan fingerprint density at radius 3 is 2.83 bits per heavy atom. The first kappa shape index (κ1) is 9.52. The molecule has 0 spiro atoms. The number of carbonyl (C=O) groups is 1. The number of rotatable bonds is 5. The maximum absolute atomic E-state index is 11.1. The molecule has 1 aliphatic carbocycles. The molecule has 0 aliphatic heterocycles. The molecule has 0 aromatic carbocycles. The molecular weight excluding hydrogens is 154 g/mol. The van der Waals surface area contributed by atoms with Gasteiger partial charge in [0.1, 0.15) is 6.10 Å². The van der Waals surface area contributed by atoms with E-state index < -0.39 is 0 Å². The first-order valence-corrected chi connectivity index (χ1v) is 4.54. The Balaban J connectivity index is 2.00. The Morgan fingerprint density at radius 2 is 2.33 bits per heavy atom. The third kappa shape index (κ3) is 3.22. The molecule has 1 N–H and O–H groups in total. The highest BCUT2D eigenvalue weighted by molar-refractivity contribution is 5.80. The van der Waals surface area contributed by atoms with Gasteiger partial charge in [0.25, 0.3) is 0 Å². The normalized spacial score (nSPS) is 18.8. The molecule has 1 atom stereocenters. The molecule has 1 aliphatic rings. The number of amides is 1.